The fourth-order valence-corrected chi connectivity index (χ4v) is 3.16. The summed E-state index contributed by atoms with van der Waals surface area (Å²) in [7, 11) is 0. The van der Waals surface area contributed by atoms with E-state index < -0.39 is 17.6 Å². The van der Waals surface area contributed by atoms with Crippen molar-refractivity contribution >= 4 is 46.2 Å². The summed E-state index contributed by atoms with van der Waals surface area (Å²) in [6, 6.07) is 8.89. The molecule has 8 heteroatoms. The number of nitrogens with zero attached hydrogens (tertiary/aromatic N) is 2. The second kappa shape index (κ2) is 6.90. The van der Waals surface area contributed by atoms with E-state index in [9.17, 15) is 14.0 Å². The number of rotatable bonds is 3. The molecule has 1 aliphatic heterocycles. The predicted octanol–water partition coefficient (Wildman–Crippen LogP) is 2.77. The van der Waals surface area contributed by atoms with Crippen molar-refractivity contribution < 1.29 is 14.0 Å². The Balaban J connectivity index is 1.78. The van der Waals surface area contributed by atoms with E-state index in [-0.39, 0.29) is 4.32 Å². The molecule has 0 atom stereocenters. The van der Waals surface area contributed by atoms with Crippen LogP contribution in [0.25, 0.3) is 6.08 Å². The standard InChI is InChI=1S/C16H10FN3O2S2/c17-12-3-1-2-10(8-12)9-13-15(22)20(16(23)24-13)19-14(21)11-4-6-18-7-5-11/h1-9H,(H,19,21)/b13-9-. The highest BCUT2D eigenvalue weighted by atomic mass is 32.2. The van der Waals surface area contributed by atoms with E-state index in [0.717, 1.165) is 16.8 Å². The molecule has 5 nitrogen and oxygen atoms in total. The van der Waals surface area contributed by atoms with E-state index in [1.54, 1.807) is 12.1 Å². The van der Waals surface area contributed by atoms with E-state index >= 15 is 0 Å². The fraction of sp³-hybridized carbons (Fsp3) is 0. The third-order valence-corrected chi connectivity index (χ3v) is 4.40. The zero-order valence-corrected chi connectivity index (χ0v) is 13.7. The van der Waals surface area contributed by atoms with Gasteiger partial charge >= 0.3 is 0 Å². The average Bonchev–Trinajstić information content (AvgIpc) is 2.83. The highest BCUT2D eigenvalue weighted by Crippen LogP contribution is 2.31. The lowest BCUT2D eigenvalue weighted by Gasteiger charge is -2.15. The summed E-state index contributed by atoms with van der Waals surface area (Å²) >= 11 is 6.17. The minimum Gasteiger partial charge on any atom is -0.267 e. The first-order valence-electron chi connectivity index (χ1n) is 6.79. The average molecular weight is 359 g/mol. The summed E-state index contributed by atoms with van der Waals surface area (Å²) in [6.45, 7) is 0. The van der Waals surface area contributed by atoms with E-state index in [0.29, 0.717) is 16.0 Å². The van der Waals surface area contributed by atoms with Crippen LogP contribution in [0.5, 0.6) is 0 Å². The normalized spacial score (nSPS) is 15.9. The number of thioether (sulfide) groups is 1. The highest BCUT2D eigenvalue weighted by molar-refractivity contribution is 8.26. The van der Waals surface area contributed by atoms with Gasteiger partial charge in [-0.25, -0.2) is 4.39 Å². The van der Waals surface area contributed by atoms with Crippen molar-refractivity contribution in [1.82, 2.24) is 15.4 Å². The Labute approximate surface area is 146 Å². The molecule has 0 radical (unpaired) electrons. The molecule has 0 aliphatic carbocycles. The Morgan fingerprint density at radius 1 is 1.29 bits per heavy atom. The number of hydrogen-bond acceptors (Lipinski definition) is 5. The quantitative estimate of drug-likeness (QED) is 0.674. The van der Waals surface area contributed by atoms with Crippen molar-refractivity contribution in [3.63, 3.8) is 0 Å². The Hall–Kier alpha value is -2.58. The predicted molar refractivity (Wildman–Crippen MR) is 93.1 cm³/mol. The fourth-order valence-electron chi connectivity index (χ4n) is 1.98. The minimum atomic E-state index is -0.472. The van der Waals surface area contributed by atoms with Crippen molar-refractivity contribution in [3.8, 4) is 0 Å². The van der Waals surface area contributed by atoms with Crippen molar-refractivity contribution in [3.05, 3.63) is 70.6 Å². The maximum Gasteiger partial charge on any atom is 0.285 e. The maximum absolute atomic E-state index is 13.2. The number of amides is 2. The third-order valence-electron chi connectivity index (χ3n) is 3.10. The monoisotopic (exact) mass is 359 g/mol. The van der Waals surface area contributed by atoms with Crippen LogP contribution in [0.3, 0.4) is 0 Å². The van der Waals surface area contributed by atoms with Gasteiger partial charge in [0.05, 0.1) is 4.91 Å². The molecule has 1 aromatic heterocycles. The molecule has 1 aromatic carbocycles. The number of aromatic nitrogens is 1. The number of hydrogen-bond donors (Lipinski definition) is 1. The molecule has 120 valence electrons. The lowest BCUT2D eigenvalue weighted by atomic mass is 10.2. The Bertz CT molecular complexity index is 855. The van der Waals surface area contributed by atoms with Gasteiger partial charge in [-0.1, -0.05) is 23.9 Å². The third kappa shape index (κ3) is 3.50. The number of pyridine rings is 1. The van der Waals surface area contributed by atoms with Crippen LogP contribution in [0.2, 0.25) is 0 Å². The molecule has 0 unspecified atom stereocenters. The topological polar surface area (TPSA) is 62.3 Å². The van der Waals surface area contributed by atoms with E-state index in [1.165, 1.54) is 42.7 Å². The molecule has 0 bridgehead atoms. The van der Waals surface area contributed by atoms with Crippen LogP contribution in [0.15, 0.2) is 53.7 Å². The van der Waals surface area contributed by atoms with Gasteiger partial charge in [-0.2, -0.15) is 5.01 Å². The second-order valence-corrected chi connectivity index (χ2v) is 6.42. The molecule has 1 aliphatic rings. The van der Waals surface area contributed by atoms with Crippen LogP contribution < -0.4 is 5.43 Å². The van der Waals surface area contributed by atoms with E-state index in [1.807, 2.05) is 0 Å². The highest BCUT2D eigenvalue weighted by Gasteiger charge is 2.33. The molecular formula is C16H10FN3O2S2. The van der Waals surface area contributed by atoms with Crippen LogP contribution in [0.4, 0.5) is 4.39 Å². The minimum absolute atomic E-state index is 0.199. The lowest BCUT2D eigenvalue weighted by Crippen LogP contribution is -2.44. The molecule has 3 rings (SSSR count). The number of carbonyl (C=O) groups excluding carboxylic acids is 2. The molecule has 1 fully saturated rings. The summed E-state index contributed by atoms with van der Waals surface area (Å²) in [4.78, 5) is 28.7. The zero-order valence-electron chi connectivity index (χ0n) is 12.1. The van der Waals surface area contributed by atoms with Gasteiger partial charge in [-0.05, 0) is 48.1 Å². The second-order valence-electron chi connectivity index (χ2n) is 4.75. The number of halogens is 1. The number of hydrazine groups is 1. The smallest absolute Gasteiger partial charge is 0.267 e. The Morgan fingerprint density at radius 2 is 2.04 bits per heavy atom. The summed E-state index contributed by atoms with van der Waals surface area (Å²) in [5.41, 5.74) is 3.35. The number of thiocarbonyl (C=S) groups is 1. The van der Waals surface area contributed by atoms with Crippen molar-refractivity contribution in [2.24, 2.45) is 0 Å². The molecule has 2 aromatic rings. The summed E-state index contributed by atoms with van der Waals surface area (Å²) < 4.78 is 13.4. The summed E-state index contributed by atoms with van der Waals surface area (Å²) in [6.07, 6.45) is 4.48. The maximum atomic E-state index is 13.2. The van der Waals surface area contributed by atoms with E-state index in [4.69, 9.17) is 12.2 Å². The molecule has 0 spiro atoms. The van der Waals surface area contributed by atoms with Crippen molar-refractivity contribution in [2.75, 3.05) is 0 Å². The summed E-state index contributed by atoms with van der Waals surface area (Å²) in [5.74, 6) is -1.33. The van der Waals surface area contributed by atoms with Crippen molar-refractivity contribution in [2.45, 2.75) is 0 Å². The van der Waals surface area contributed by atoms with Crippen LogP contribution in [0, 0.1) is 5.82 Å². The number of carbonyl (C=O) groups is 2. The number of benzene rings is 1. The first-order valence-corrected chi connectivity index (χ1v) is 8.01. The molecule has 0 saturated carbocycles. The Kier molecular flexibility index (Phi) is 4.68. The molecule has 1 saturated heterocycles. The first kappa shape index (κ1) is 16.3. The van der Waals surface area contributed by atoms with E-state index in [2.05, 4.69) is 10.4 Å². The van der Waals surface area contributed by atoms with Gasteiger partial charge in [-0.3, -0.25) is 20.0 Å². The molecule has 1 N–H and O–H groups in total. The van der Waals surface area contributed by atoms with Gasteiger partial charge in [-0.15, -0.1) is 0 Å². The summed E-state index contributed by atoms with van der Waals surface area (Å²) in [5, 5.41) is 1.01. The van der Waals surface area contributed by atoms with Gasteiger partial charge in [0.25, 0.3) is 11.8 Å². The van der Waals surface area contributed by atoms with Crippen LogP contribution in [-0.2, 0) is 4.79 Å². The van der Waals surface area contributed by atoms with Crippen molar-refractivity contribution in [1.29, 1.82) is 0 Å². The van der Waals surface area contributed by atoms with Gasteiger partial charge in [0.15, 0.2) is 4.32 Å². The zero-order chi connectivity index (χ0) is 17.1. The molecule has 24 heavy (non-hydrogen) atoms. The number of nitrogens with one attached hydrogen (secondary N) is 1. The van der Waals surface area contributed by atoms with Gasteiger partial charge in [0.1, 0.15) is 5.82 Å². The van der Waals surface area contributed by atoms with Gasteiger partial charge in [0.2, 0.25) is 0 Å². The van der Waals surface area contributed by atoms with Crippen LogP contribution in [0.1, 0.15) is 15.9 Å². The van der Waals surface area contributed by atoms with Crippen LogP contribution >= 0.6 is 24.0 Å². The lowest BCUT2D eigenvalue weighted by molar-refractivity contribution is -0.123. The van der Waals surface area contributed by atoms with Gasteiger partial charge in [0, 0.05) is 18.0 Å². The molecular weight excluding hydrogens is 349 g/mol. The SMILES string of the molecule is O=C(NN1C(=O)/C(=C/c2cccc(F)c2)SC1=S)c1ccncc1. The first-order chi connectivity index (χ1) is 11.5. The van der Waals surface area contributed by atoms with Crippen LogP contribution in [-0.4, -0.2) is 26.1 Å². The Morgan fingerprint density at radius 3 is 2.75 bits per heavy atom. The molecule has 2 amide bonds. The molecule has 2 heterocycles. The van der Waals surface area contributed by atoms with Gasteiger partial charge < -0.3 is 0 Å². The largest absolute Gasteiger partial charge is 0.285 e.